The minimum atomic E-state index is -0.819. The highest BCUT2D eigenvalue weighted by atomic mass is 16.5. The van der Waals surface area contributed by atoms with Gasteiger partial charge in [-0.3, -0.25) is 9.59 Å². The lowest BCUT2D eigenvalue weighted by Crippen LogP contribution is -2.19. The van der Waals surface area contributed by atoms with E-state index in [1.807, 2.05) is 30.4 Å². The van der Waals surface area contributed by atoms with Crippen molar-refractivity contribution in [2.45, 2.75) is 57.3 Å². The normalized spacial score (nSPS) is 22.1. The van der Waals surface area contributed by atoms with Gasteiger partial charge in [0.05, 0.1) is 25.9 Å². The number of aliphatic hydroxyl groups excluding tert-OH is 2. The molecule has 176 valence electrons. The number of unbranched alkanes of at least 4 members (excludes halogenated alkanes) is 1. The van der Waals surface area contributed by atoms with Crippen LogP contribution in [-0.2, 0) is 27.4 Å². The van der Waals surface area contributed by atoms with Gasteiger partial charge in [0.2, 0.25) is 0 Å². The largest absolute Gasteiger partial charge is 0.497 e. The van der Waals surface area contributed by atoms with Crippen molar-refractivity contribution in [1.29, 1.82) is 0 Å². The van der Waals surface area contributed by atoms with E-state index >= 15 is 0 Å². The monoisotopic (exact) mass is 446 g/mol. The highest BCUT2D eigenvalue weighted by Gasteiger charge is 2.39. The highest BCUT2D eigenvalue weighted by Crippen LogP contribution is 2.33. The molecule has 0 amide bonds. The molecule has 1 unspecified atom stereocenters. The smallest absolute Gasteiger partial charge is 0.303 e. The summed E-state index contributed by atoms with van der Waals surface area (Å²) in [5.41, 5.74) is 1.85. The van der Waals surface area contributed by atoms with Gasteiger partial charge in [0.15, 0.2) is 0 Å². The lowest BCUT2D eigenvalue weighted by molar-refractivity contribution is -0.137. The first-order valence-corrected chi connectivity index (χ1v) is 10.9. The van der Waals surface area contributed by atoms with Gasteiger partial charge in [0.25, 0.3) is 0 Å². The predicted octanol–water partition coefficient (Wildman–Crippen LogP) is 3.07. The zero-order valence-electron chi connectivity index (χ0n) is 18.8. The van der Waals surface area contributed by atoms with Gasteiger partial charge in [-0.05, 0) is 42.5 Å². The molecule has 2 rings (SSSR count). The van der Waals surface area contributed by atoms with Crippen LogP contribution in [0.1, 0.15) is 43.2 Å². The van der Waals surface area contributed by atoms with E-state index in [1.54, 1.807) is 26.4 Å². The summed E-state index contributed by atoms with van der Waals surface area (Å²) in [5, 5.41) is 29.5. The molecule has 1 aromatic carbocycles. The number of carbonyl (C=O) groups excluding carboxylic acids is 1. The summed E-state index contributed by atoms with van der Waals surface area (Å²) >= 11 is 0. The van der Waals surface area contributed by atoms with Crippen LogP contribution in [0.5, 0.6) is 5.75 Å². The number of aliphatic carboxylic acids is 1. The summed E-state index contributed by atoms with van der Waals surface area (Å²) < 4.78 is 10.5. The Balaban J connectivity index is 1.97. The topological polar surface area (TPSA) is 113 Å². The summed E-state index contributed by atoms with van der Waals surface area (Å²) in [7, 11) is 3.21. The second-order valence-corrected chi connectivity index (χ2v) is 8.19. The van der Waals surface area contributed by atoms with Gasteiger partial charge >= 0.3 is 5.97 Å². The second-order valence-electron chi connectivity index (χ2n) is 8.19. The van der Waals surface area contributed by atoms with Crippen molar-refractivity contribution in [3.8, 4) is 5.75 Å². The van der Waals surface area contributed by atoms with Crippen molar-refractivity contribution in [3.63, 3.8) is 0 Å². The molecule has 4 atom stereocenters. The first kappa shape index (κ1) is 25.8. The van der Waals surface area contributed by atoms with Gasteiger partial charge < -0.3 is 24.8 Å². The zero-order valence-corrected chi connectivity index (χ0v) is 18.8. The van der Waals surface area contributed by atoms with E-state index in [4.69, 9.17) is 14.6 Å². The molecular formula is C25H34O7. The number of ketones is 1. The Kier molecular flexibility index (Phi) is 10.6. The van der Waals surface area contributed by atoms with Crippen molar-refractivity contribution >= 4 is 11.8 Å². The molecule has 0 radical (unpaired) electrons. The molecule has 0 saturated heterocycles. The maximum absolute atomic E-state index is 12.3. The number of ether oxygens (including phenoxy) is 2. The van der Waals surface area contributed by atoms with Crippen molar-refractivity contribution in [3.05, 3.63) is 53.6 Å². The van der Waals surface area contributed by atoms with E-state index in [0.717, 1.165) is 11.1 Å². The number of carbonyl (C=O) groups is 2. The minimum absolute atomic E-state index is 0.00817. The molecule has 0 aliphatic heterocycles. The Bertz CT molecular complexity index is 815. The molecule has 1 aromatic rings. The van der Waals surface area contributed by atoms with Crippen molar-refractivity contribution in [1.82, 2.24) is 0 Å². The molecule has 3 N–H and O–H groups in total. The van der Waals surface area contributed by atoms with Crippen LogP contribution in [0.4, 0.5) is 0 Å². The lowest BCUT2D eigenvalue weighted by atomic mass is 9.90. The fourth-order valence-electron chi connectivity index (χ4n) is 4.04. The van der Waals surface area contributed by atoms with Gasteiger partial charge in [0.1, 0.15) is 11.5 Å². The number of methoxy groups -OCH3 is 2. The van der Waals surface area contributed by atoms with Gasteiger partial charge in [-0.15, -0.1) is 0 Å². The van der Waals surface area contributed by atoms with Crippen LogP contribution in [0.3, 0.4) is 0 Å². The SMILES string of the molecule is COCc1cc(CC(O)C=C[C@H]2[C@H](O)CC(=O)[C@@H]2CC=CCCCC(=O)O)cc(OC)c1. The minimum Gasteiger partial charge on any atom is -0.497 e. The lowest BCUT2D eigenvalue weighted by Gasteiger charge is -2.17. The number of allylic oxidation sites excluding steroid dienone is 2. The third-order valence-corrected chi connectivity index (χ3v) is 5.62. The molecule has 32 heavy (non-hydrogen) atoms. The number of carboxylic acids is 1. The number of hydrogen-bond acceptors (Lipinski definition) is 6. The summed E-state index contributed by atoms with van der Waals surface area (Å²) in [6.07, 6.45) is 7.91. The van der Waals surface area contributed by atoms with E-state index < -0.39 is 18.2 Å². The third kappa shape index (κ3) is 8.22. The number of rotatable bonds is 13. The average Bonchev–Trinajstić information content (AvgIpc) is 3.01. The standard InChI is InChI=1S/C25H34O7/c1-31-16-18-11-17(13-20(14-18)32-2)12-19(26)9-10-22-21(23(27)15-24(22)28)7-5-3-4-6-8-25(29)30/h3,5,9-11,13-14,19,21-22,24,26,28H,4,6-8,12,15-16H2,1-2H3,(H,29,30)/t19?,21-,22-,24-/m1/s1. The molecule has 0 spiro atoms. The van der Waals surface area contributed by atoms with Crippen LogP contribution >= 0.6 is 0 Å². The number of Topliss-reactive ketones (excluding diaryl/α,β-unsaturated/α-hetero) is 1. The predicted molar refractivity (Wildman–Crippen MR) is 120 cm³/mol. The average molecular weight is 447 g/mol. The molecule has 0 aromatic heterocycles. The fourth-order valence-corrected chi connectivity index (χ4v) is 4.04. The van der Waals surface area contributed by atoms with E-state index in [9.17, 15) is 19.8 Å². The van der Waals surface area contributed by atoms with E-state index in [2.05, 4.69) is 0 Å². The molecule has 0 bridgehead atoms. The van der Waals surface area contributed by atoms with E-state index in [1.165, 1.54) is 0 Å². The Hall–Kier alpha value is -2.48. The Morgan fingerprint density at radius 3 is 2.66 bits per heavy atom. The van der Waals surface area contributed by atoms with Gasteiger partial charge in [-0.1, -0.05) is 30.4 Å². The maximum atomic E-state index is 12.3. The molecule has 1 saturated carbocycles. The fraction of sp³-hybridized carbons (Fsp3) is 0.520. The summed E-state index contributed by atoms with van der Waals surface area (Å²) in [6.45, 7) is 0.442. The van der Waals surface area contributed by atoms with E-state index in [0.29, 0.717) is 38.0 Å². The Morgan fingerprint density at radius 2 is 1.97 bits per heavy atom. The Labute approximate surface area is 189 Å². The van der Waals surface area contributed by atoms with Crippen molar-refractivity contribution in [2.75, 3.05) is 14.2 Å². The van der Waals surface area contributed by atoms with Crippen LogP contribution in [0.15, 0.2) is 42.5 Å². The molecule has 7 nitrogen and oxygen atoms in total. The molecule has 1 fully saturated rings. The number of aliphatic hydroxyl groups is 2. The van der Waals surface area contributed by atoms with Gasteiger partial charge in [-0.25, -0.2) is 0 Å². The molecule has 0 heterocycles. The van der Waals surface area contributed by atoms with Crippen LogP contribution in [-0.4, -0.2) is 53.5 Å². The first-order chi connectivity index (χ1) is 15.3. The van der Waals surface area contributed by atoms with Crippen LogP contribution in [0.25, 0.3) is 0 Å². The quantitative estimate of drug-likeness (QED) is 0.315. The van der Waals surface area contributed by atoms with E-state index in [-0.39, 0.29) is 30.5 Å². The van der Waals surface area contributed by atoms with Crippen molar-refractivity contribution in [2.24, 2.45) is 11.8 Å². The summed E-state index contributed by atoms with van der Waals surface area (Å²) in [5.74, 6) is -0.809. The molecule has 7 heteroatoms. The van der Waals surface area contributed by atoms with Crippen LogP contribution < -0.4 is 4.74 Å². The first-order valence-electron chi connectivity index (χ1n) is 10.9. The number of carboxylic acid groups (broad SMARTS) is 1. The molecule has 1 aliphatic carbocycles. The van der Waals surface area contributed by atoms with Crippen LogP contribution in [0, 0.1) is 11.8 Å². The molecular weight excluding hydrogens is 412 g/mol. The van der Waals surface area contributed by atoms with Gasteiger partial charge in [-0.2, -0.15) is 0 Å². The summed E-state index contributed by atoms with van der Waals surface area (Å²) in [4.78, 5) is 22.9. The highest BCUT2D eigenvalue weighted by molar-refractivity contribution is 5.84. The third-order valence-electron chi connectivity index (χ3n) is 5.62. The number of hydrogen-bond donors (Lipinski definition) is 3. The van der Waals surface area contributed by atoms with Crippen LogP contribution in [0.2, 0.25) is 0 Å². The zero-order chi connectivity index (χ0) is 23.5. The van der Waals surface area contributed by atoms with Gasteiger partial charge in [0, 0.05) is 38.2 Å². The number of benzene rings is 1. The van der Waals surface area contributed by atoms with Crippen molar-refractivity contribution < 1.29 is 34.4 Å². The second kappa shape index (κ2) is 13.2. The summed E-state index contributed by atoms with van der Waals surface area (Å²) in [6, 6.07) is 5.70. The maximum Gasteiger partial charge on any atom is 0.303 e. The Morgan fingerprint density at radius 1 is 1.22 bits per heavy atom. The molecule has 1 aliphatic rings.